The highest BCUT2D eigenvalue weighted by Gasteiger charge is 2.48. The number of benzene rings is 1. The predicted octanol–water partition coefficient (Wildman–Crippen LogP) is 2.87. The summed E-state index contributed by atoms with van der Waals surface area (Å²) in [7, 11) is 3.09. The zero-order valence-corrected chi connectivity index (χ0v) is 19.9. The standard InChI is InChI=1S/C23H32ClN3O5/c1-5-15-10-17(11-18(32-4)19(15)24)16-6-8-27(9-7-16)20(28)14(2)12-23(13-31-3)21(29)25-22(30)26-23/h10-11,14,16H,5-9,12-13H2,1-4H3,(H2,25,26,29,30)/t14-,23-/m0/s1. The van der Waals surface area contributed by atoms with Gasteiger partial charge in [-0.05, 0) is 48.8 Å². The van der Waals surface area contributed by atoms with Crippen LogP contribution in [0, 0.1) is 5.92 Å². The van der Waals surface area contributed by atoms with E-state index in [0.29, 0.717) is 29.8 Å². The number of hydrogen-bond donors (Lipinski definition) is 2. The minimum absolute atomic E-state index is 0.0163. The van der Waals surface area contributed by atoms with Crippen LogP contribution in [0.25, 0.3) is 0 Å². The molecule has 2 saturated heterocycles. The van der Waals surface area contributed by atoms with E-state index >= 15 is 0 Å². The molecule has 0 unspecified atom stereocenters. The van der Waals surface area contributed by atoms with Gasteiger partial charge >= 0.3 is 6.03 Å². The molecule has 0 spiro atoms. The van der Waals surface area contributed by atoms with Crippen LogP contribution in [-0.4, -0.2) is 62.2 Å². The average Bonchev–Trinajstić information content (AvgIpc) is 3.06. The quantitative estimate of drug-likeness (QED) is 0.575. The van der Waals surface area contributed by atoms with Gasteiger partial charge in [0.25, 0.3) is 5.91 Å². The number of imide groups is 1. The Morgan fingerprint density at radius 2 is 1.97 bits per heavy atom. The average molecular weight is 466 g/mol. The molecule has 2 N–H and O–H groups in total. The van der Waals surface area contributed by atoms with Crippen molar-refractivity contribution in [2.24, 2.45) is 5.92 Å². The van der Waals surface area contributed by atoms with Crippen molar-refractivity contribution in [3.63, 3.8) is 0 Å². The number of likely N-dealkylation sites (tertiary alicyclic amines) is 1. The Balaban J connectivity index is 1.64. The summed E-state index contributed by atoms with van der Waals surface area (Å²) in [4.78, 5) is 39.0. The van der Waals surface area contributed by atoms with Crippen molar-refractivity contribution in [1.82, 2.24) is 15.5 Å². The van der Waals surface area contributed by atoms with Crippen LogP contribution in [0.2, 0.25) is 5.02 Å². The Labute approximate surface area is 193 Å². The molecule has 1 aromatic rings. The van der Waals surface area contributed by atoms with Gasteiger partial charge in [-0.25, -0.2) is 4.79 Å². The number of nitrogens with one attached hydrogen (secondary N) is 2. The summed E-state index contributed by atoms with van der Waals surface area (Å²) in [5, 5.41) is 5.55. The Morgan fingerprint density at radius 3 is 2.50 bits per heavy atom. The summed E-state index contributed by atoms with van der Waals surface area (Å²) >= 11 is 6.40. The van der Waals surface area contributed by atoms with Crippen LogP contribution in [0.3, 0.4) is 0 Å². The molecule has 8 nitrogen and oxygen atoms in total. The Morgan fingerprint density at radius 1 is 1.28 bits per heavy atom. The van der Waals surface area contributed by atoms with E-state index < -0.39 is 23.4 Å². The molecule has 9 heteroatoms. The zero-order valence-electron chi connectivity index (χ0n) is 19.1. The number of piperidine rings is 1. The molecule has 2 atom stereocenters. The van der Waals surface area contributed by atoms with E-state index in [2.05, 4.69) is 23.6 Å². The summed E-state index contributed by atoms with van der Waals surface area (Å²) in [6.45, 7) is 5.15. The van der Waals surface area contributed by atoms with Crippen molar-refractivity contribution >= 4 is 29.4 Å². The molecule has 2 aliphatic heterocycles. The molecular formula is C23H32ClN3O5. The number of rotatable bonds is 8. The van der Waals surface area contributed by atoms with Crippen LogP contribution < -0.4 is 15.4 Å². The number of halogens is 1. The Hall–Kier alpha value is -2.32. The smallest absolute Gasteiger partial charge is 0.322 e. The summed E-state index contributed by atoms with van der Waals surface area (Å²) < 4.78 is 10.6. The van der Waals surface area contributed by atoms with Crippen molar-refractivity contribution in [2.75, 3.05) is 33.9 Å². The molecule has 2 fully saturated rings. The van der Waals surface area contributed by atoms with Gasteiger partial charge in [-0.15, -0.1) is 0 Å². The van der Waals surface area contributed by atoms with E-state index in [-0.39, 0.29) is 18.9 Å². The lowest BCUT2D eigenvalue weighted by Crippen LogP contribution is -2.53. The van der Waals surface area contributed by atoms with E-state index in [9.17, 15) is 14.4 Å². The molecule has 176 valence electrons. The van der Waals surface area contributed by atoms with Crippen molar-refractivity contribution in [1.29, 1.82) is 0 Å². The number of hydrogen-bond acceptors (Lipinski definition) is 5. The van der Waals surface area contributed by atoms with Crippen LogP contribution >= 0.6 is 11.6 Å². The lowest BCUT2D eigenvalue weighted by Gasteiger charge is -2.35. The second-order valence-electron chi connectivity index (χ2n) is 8.68. The minimum Gasteiger partial charge on any atom is -0.495 e. The SMILES string of the molecule is CCc1cc(C2CCN(C(=O)[C@@H](C)C[C@@]3(COC)NC(=O)NC3=O)CC2)cc(OC)c1Cl. The normalized spacial score (nSPS) is 22.5. The predicted molar refractivity (Wildman–Crippen MR) is 121 cm³/mol. The fraction of sp³-hybridized carbons (Fsp3) is 0.609. The summed E-state index contributed by atoms with van der Waals surface area (Å²) in [6.07, 6.45) is 2.69. The van der Waals surface area contributed by atoms with Gasteiger partial charge < -0.3 is 19.7 Å². The van der Waals surface area contributed by atoms with Gasteiger partial charge in [0, 0.05) is 26.1 Å². The maximum Gasteiger partial charge on any atom is 0.322 e. The molecule has 0 radical (unpaired) electrons. The lowest BCUT2D eigenvalue weighted by molar-refractivity contribution is -0.138. The highest BCUT2D eigenvalue weighted by Crippen LogP contribution is 2.37. The van der Waals surface area contributed by atoms with Crippen LogP contribution in [0.1, 0.15) is 50.2 Å². The molecule has 1 aromatic carbocycles. The first kappa shape index (κ1) is 24.3. The van der Waals surface area contributed by atoms with Crippen molar-refractivity contribution in [3.8, 4) is 5.75 Å². The maximum atomic E-state index is 13.1. The van der Waals surface area contributed by atoms with Gasteiger partial charge in [0.15, 0.2) is 0 Å². The van der Waals surface area contributed by atoms with E-state index in [0.717, 1.165) is 24.8 Å². The molecule has 3 rings (SSSR count). The highest BCUT2D eigenvalue weighted by atomic mass is 35.5. The zero-order chi connectivity index (χ0) is 23.5. The molecule has 2 heterocycles. The number of ether oxygens (including phenoxy) is 2. The van der Waals surface area contributed by atoms with Crippen LogP contribution in [-0.2, 0) is 20.7 Å². The third kappa shape index (κ3) is 4.86. The number of carbonyl (C=O) groups excluding carboxylic acids is 3. The molecule has 0 bridgehead atoms. The van der Waals surface area contributed by atoms with Crippen molar-refractivity contribution in [3.05, 3.63) is 28.3 Å². The largest absolute Gasteiger partial charge is 0.495 e. The molecule has 32 heavy (non-hydrogen) atoms. The number of aryl methyl sites for hydroxylation is 1. The van der Waals surface area contributed by atoms with E-state index in [1.807, 2.05) is 11.0 Å². The molecule has 0 aliphatic carbocycles. The van der Waals surface area contributed by atoms with E-state index in [1.165, 1.54) is 12.7 Å². The van der Waals surface area contributed by atoms with Crippen LogP contribution in [0.5, 0.6) is 5.75 Å². The van der Waals surface area contributed by atoms with E-state index in [1.54, 1.807) is 14.0 Å². The highest BCUT2D eigenvalue weighted by molar-refractivity contribution is 6.32. The molecule has 2 aliphatic rings. The molecule has 0 aromatic heterocycles. The van der Waals surface area contributed by atoms with Crippen LogP contribution in [0.15, 0.2) is 12.1 Å². The van der Waals surface area contributed by atoms with Crippen molar-refractivity contribution < 1.29 is 23.9 Å². The number of carbonyl (C=O) groups is 3. The molecule has 0 saturated carbocycles. The lowest BCUT2D eigenvalue weighted by atomic mass is 9.85. The fourth-order valence-corrected chi connectivity index (χ4v) is 5.07. The van der Waals surface area contributed by atoms with Gasteiger partial charge in [-0.3, -0.25) is 14.9 Å². The molecule has 4 amide bonds. The minimum atomic E-state index is -1.21. The Kier molecular flexibility index (Phi) is 7.67. The number of methoxy groups -OCH3 is 2. The van der Waals surface area contributed by atoms with Crippen LogP contribution in [0.4, 0.5) is 4.79 Å². The first-order valence-electron chi connectivity index (χ1n) is 11.0. The van der Waals surface area contributed by atoms with Gasteiger partial charge in [0.05, 0.1) is 18.7 Å². The van der Waals surface area contributed by atoms with Crippen molar-refractivity contribution in [2.45, 2.75) is 51.0 Å². The first-order chi connectivity index (χ1) is 15.2. The number of amides is 4. The third-order valence-electron chi connectivity index (χ3n) is 6.50. The topological polar surface area (TPSA) is 97.0 Å². The summed E-state index contributed by atoms with van der Waals surface area (Å²) in [5.41, 5.74) is 1.04. The fourth-order valence-electron chi connectivity index (χ4n) is 4.75. The second-order valence-corrected chi connectivity index (χ2v) is 9.06. The summed E-state index contributed by atoms with van der Waals surface area (Å²) in [6, 6.07) is 3.59. The number of nitrogens with zero attached hydrogens (tertiary/aromatic N) is 1. The third-order valence-corrected chi connectivity index (χ3v) is 6.93. The van der Waals surface area contributed by atoms with Gasteiger partial charge in [0.1, 0.15) is 11.3 Å². The van der Waals surface area contributed by atoms with E-state index in [4.69, 9.17) is 21.1 Å². The van der Waals surface area contributed by atoms with Gasteiger partial charge in [-0.1, -0.05) is 31.5 Å². The first-order valence-corrected chi connectivity index (χ1v) is 11.4. The van der Waals surface area contributed by atoms with Gasteiger partial charge in [0.2, 0.25) is 5.91 Å². The summed E-state index contributed by atoms with van der Waals surface area (Å²) in [5.74, 6) is 0.106. The monoisotopic (exact) mass is 465 g/mol. The molecular weight excluding hydrogens is 434 g/mol. The maximum absolute atomic E-state index is 13.1. The number of urea groups is 1. The second kappa shape index (κ2) is 10.1. The van der Waals surface area contributed by atoms with Gasteiger partial charge in [-0.2, -0.15) is 0 Å². The Bertz CT molecular complexity index is 859.